The number of carbonyl (C=O) groups excluding carboxylic acids is 1. The lowest BCUT2D eigenvalue weighted by atomic mass is 10.1. The van der Waals surface area contributed by atoms with Crippen LogP contribution in [0.5, 0.6) is 5.75 Å². The number of anilines is 1. The maximum absolute atomic E-state index is 12.8. The van der Waals surface area contributed by atoms with Crippen LogP contribution < -0.4 is 9.64 Å². The number of carbonyl (C=O) groups is 1. The van der Waals surface area contributed by atoms with Crippen LogP contribution in [-0.4, -0.2) is 11.9 Å². The zero-order chi connectivity index (χ0) is 19.3. The third-order valence-electron chi connectivity index (χ3n) is 4.97. The maximum atomic E-state index is 12.8. The molecule has 0 bridgehead atoms. The summed E-state index contributed by atoms with van der Waals surface area (Å²) >= 11 is 0. The second kappa shape index (κ2) is 8.13. The zero-order valence-electron chi connectivity index (χ0n) is 15.9. The second-order valence-corrected chi connectivity index (χ2v) is 7.07. The molecule has 1 amide bonds. The molecule has 1 aliphatic heterocycles. The van der Waals surface area contributed by atoms with Crippen LogP contribution in [0.2, 0.25) is 0 Å². The predicted molar refractivity (Wildman–Crippen MR) is 113 cm³/mol. The minimum absolute atomic E-state index is 0.00746. The molecular weight excluding hydrogens is 346 g/mol. The van der Waals surface area contributed by atoms with Gasteiger partial charge in [-0.2, -0.15) is 0 Å². The molecule has 3 heteroatoms. The van der Waals surface area contributed by atoms with Gasteiger partial charge in [-0.15, -0.1) is 0 Å². The Kier molecular flexibility index (Phi) is 5.24. The van der Waals surface area contributed by atoms with Crippen molar-refractivity contribution in [1.82, 2.24) is 0 Å². The molecule has 0 fully saturated rings. The molecule has 28 heavy (non-hydrogen) atoms. The van der Waals surface area contributed by atoms with Crippen LogP contribution in [-0.2, 0) is 17.8 Å². The van der Waals surface area contributed by atoms with Gasteiger partial charge in [0, 0.05) is 17.8 Å². The van der Waals surface area contributed by atoms with Crippen molar-refractivity contribution in [3.05, 3.63) is 102 Å². The van der Waals surface area contributed by atoms with E-state index in [0.717, 1.165) is 29.0 Å². The summed E-state index contributed by atoms with van der Waals surface area (Å²) in [5, 5.41) is 0. The van der Waals surface area contributed by atoms with Gasteiger partial charge in [-0.3, -0.25) is 4.79 Å². The van der Waals surface area contributed by atoms with Gasteiger partial charge in [-0.25, -0.2) is 0 Å². The highest BCUT2D eigenvalue weighted by molar-refractivity contribution is 6.05. The van der Waals surface area contributed by atoms with Gasteiger partial charge in [0.1, 0.15) is 12.4 Å². The molecule has 140 valence electrons. The highest BCUT2D eigenvalue weighted by Crippen LogP contribution is 2.32. The molecular formula is C25H23NO2. The van der Waals surface area contributed by atoms with E-state index in [0.29, 0.717) is 6.61 Å². The van der Waals surface area contributed by atoms with Gasteiger partial charge < -0.3 is 9.64 Å². The lowest BCUT2D eigenvalue weighted by molar-refractivity contribution is -0.114. The summed E-state index contributed by atoms with van der Waals surface area (Å²) < 4.78 is 5.87. The first kappa shape index (κ1) is 18.1. The van der Waals surface area contributed by atoms with Crippen LogP contribution in [0.4, 0.5) is 5.69 Å². The van der Waals surface area contributed by atoms with E-state index in [9.17, 15) is 4.79 Å². The first-order valence-electron chi connectivity index (χ1n) is 9.57. The first-order chi connectivity index (χ1) is 13.7. The standard InChI is InChI=1S/C25H23NO2/c1-19-16-22-11-5-6-13-24(22)26(19)25(27)15-14-20-10-7-12-23(17-20)28-18-21-8-3-2-4-9-21/h2-15,17,19H,16,18H2,1H3/b15-14+. The van der Waals surface area contributed by atoms with E-state index in [1.54, 1.807) is 6.08 Å². The van der Waals surface area contributed by atoms with Crippen LogP contribution in [0, 0.1) is 0 Å². The quantitative estimate of drug-likeness (QED) is 0.574. The molecule has 0 saturated heterocycles. The molecule has 0 aromatic heterocycles. The minimum atomic E-state index is 0.00746. The monoisotopic (exact) mass is 369 g/mol. The number of para-hydroxylation sites is 1. The van der Waals surface area contributed by atoms with Gasteiger partial charge >= 0.3 is 0 Å². The number of nitrogens with zero attached hydrogens (tertiary/aromatic N) is 1. The fourth-order valence-corrected chi connectivity index (χ4v) is 3.60. The zero-order valence-corrected chi connectivity index (χ0v) is 15.9. The Balaban J connectivity index is 1.44. The van der Waals surface area contributed by atoms with Gasteiger partial charge in [0.15, 0.2) is 0 Å². The summed E-state index contributed by atoms with van der Waals surface area (Å²) in [6, 6.07) is 26.2. The second-order valence-electron chi connectivity index (χ2n) is 7.07. The average molecular weight is 369 g/mol. The van der Waals surface area contributed by atoms with Crippen molar-refractivity contribution in [2.75, 3.05) is 4.90 Å². The lowest BCUT2D eigenvalue weighted by Crippen LogP contribution is -2.34. The molecule has 1 aliphatic rings. The summed E-state index contributed by atoms with van der Waals surface area (Å²) in [4.78, 5) is 14.7. The molecule has 3 aromatic rings. The Labute approximate surface area is 165 Å². The topological polar surface area (TPSA) is 29.5 Å². The molecule has 3 nitrogen and oxygen atoms in total. The van der Waals surface area contributed by atoms with Gasteiger partial charge in [0.05, 0.1) is 0 Å². The van der Waals surface area contributed by atoms with Crippen LogP contribution in [0.25, 0.3) is 6.08 Å². The predicted octanol–water partition coefficient (Wildman–Crippen LogP) is 5.26. The fraction of sp³-hybridized carbons (Fsp3) is 0.160. The summed E-state index contributed by atoms with van der Waals surface area (Å²) in [5.74, 6) is 0.798. The van der Waals surface area contributed by atoms with Crippen molar-refractivity contribution < 1.29 is 9.53 Å². The Hall–Kier alpha value is -3.33. The number of benzene rings is 3. The molecule has 0 radical (unpaired) electrons. The number of rotatable bonds is 5. The van der Waals surface area contributed by atoms with Crippen molar-refractivity contribution >= 4 is 17.7 Å². The molecule has 0 saturated carbocycles. The Morgan fingerprint density at radius 2 is 1.82 bits per heavy atom. The summed E-state index contributed by atoms with van der Waals surface area (Å²) in [5.41, 5.74) is 4.32. The smallest absolute Gasteiger partial charge is 0.251 e. The number of ether oxygens (including phenoxy) is 1. The number of fused-ring (bicyclic) bond motifs is 1. The third-order valence-corrected chi connectivity index (χ3v) is 4.97. The average Bonchev–Trinajstić information content (AvgIpc) is 3.07. The normalized spacial score (nSPS) is 15.6. The largest absolute Gasteiger partial charge is 0.489 e. The maximum Gasteiger partial charge on any atom is 0.251 e. The molecule has 0 aliphatic carbocycles. The summed E-state index contributed by atoms with van der Waals surface area (Å²) in [6.45, 7) is 2.61. The van der Waals surface area contributed by atoms with Crippen molar-refractivity contribution in [2.45, 2.75) is 26.0 Å². The van der Waals surface area contributed by atoms with Gasteiger partial charge in [-0.1, -0.05) is 60.7 Å². The van der Waals surface area contributed by atoms with Crippen LogP contribution in [0.3, 0.4) is 0 Å². The molecule has 0 N–H and O–H groups in total. The van der Waals surface area contributed by atoms with E-state index in [4.69, 9.17) is 4.74 Å². The minimum Gasteiger partial charge on any atom is -0.489 e. The van der Waals surface area contributed by atoms with Crippen molar-refractivity contribution in [2.24, 2.45) is 0 Å². The van der Waals surface area contributed by atoms with Gasteiger partial charge in [0.25, 0.3) is 5.91 Å². The summed E-state index contributed by atoms with van der Waals surface area (Å²) in [7, 11) is 0. The number of hydrogen-bond acceptors (Lipinski definition) is 2. The molecule has 4 rings (SSSR count). The Morgan fingerprint density at radius 3 is 2.68 bits per heavy atom. The van der Waals surface area contributed by atoms with Gasteiger partial charge in [-0.05, 0) is 54.3 Å². The van der Waals surface area contributed by atoms with Crippen molar-refractivity contribution in [3.63, 3.8) is 0 Å². The number of amides is 1. The molecule has 1 atom stereocenters. The van der Waals surface area contributed by atoms with E-state index in [1.807, 2.05) is 83.8 Å². The Morgan fingerprint density at radius 1 is 1.04 bits per heavy atom. The highest BCUT2D eigenvalue weighted by atomic mass is 16.5. The lowest BCUT2D eigenvalue weighted by Gasteiger charge is -2.21. The molecule has 0 spiro atoms. The molecule has 1 unspecified atom stereocenters. The number of hydrogen-bond donors (Lipinski definition) is 0. The molecule has 1 heterocycles. The van der Waals surface area contributed by atoms with E-state index in [1.165, 1.54) is 5.56 Å². The van der Waals surface area contributed by atoms with E-state index in [-0.39, 0.29) is 11.9 Å². The first-order valence-corrected chi connectivity index (χ1v) is 9.57. The van der Waals surface area contributed by atoms with Crippen LogP contribution in [0.1, 0.15) is 23.6 Å². The van der Waals surface area contributed by atoms with Crippen molar-refractivity contribution in [3.8, 4) is 5.75 Å². The van der Waals surface area contributed by atoms with Crippen LogP contribution >= 0.6 is 0 Å². The van der Waals surface area contributed by atoms with Crippen molar-refractivity contribution in [1.29, 1.82) is 0 Å². The summed E-state index contributed by atoms with van der Waals surface area (Å²) in [6.07, 6.45) is 4.40. The third kappa shape index (κ3) is 3.99. The molecule has 3 aromatic carbocycles. The fourth-order valence-electron chi connectivity index (χ4n) is 3.60. The SMILES string of the molecule is CC1Cc2ccccc2N1C(=O)/C=C/c1cccc(OCc2ccccc2)c1. The van der Waals surface area contributed by atoms with Gasteiger partial charge in [0.2, 0.25) is 0 Å². The highest BCUT2D eigenvalue weighted by Gasteiger charge is 2.29. The van der Waals surface area contributed by atoms with E-state index >= 15 is 0 Å². The Bertz CT molecular complexity index is 994. The van der Waals surface area contributed by atoms with Crippen LogP contribution in [0.15, 0.2) is 84.9 Å². The van der Waals surface area contributed by atoms with E-state index < -0.39 is 0 Å². The van der Waals surface area contributed by atoms with E-state index in [2.05, 4.69) is 13.0 Å².